The largest absolute Gasteiger partial charge is 0.488 e. The van der Waals surface area contributed by atoms with Gasteiger partial charge in [0.1, 0.15) is 11.4 Å². The summed E-state index contributed by atoms with van der Waals surface area (Å²) in [5, 5.41) is 0. The van der Waals surface area contributed by atoms with Crippen LogP contribution < -0.4 is 10.5 Å². The predicted octanol–water partition coefficient (Wildman–Crippen LogP) is 3.47. The molecule has 0 amide bonds. The number of hydrogen-bond acceptors (Lipinski definition) is 2. The van der Waals surface area contributed by atoms with Crippen molar-refractivity contribution in [2.24, 2.45) is 5.73 Å². The van der Waals surface area contributed by atoms with E-state index in [1.807, 2.05) is 45.0 Å². The topological polar surface area (TPSA) is 35.2 Å². The summed E-state index contributed by atoms with van der Waals surface area (Å²) in [5.41, 5.74) is 6.70. The van der Waals surface area contributed by atoms with E-state index >= 15 is 0 Å². The van der Waals surface area contributed by atoms with Gasteiger partial charge in [-0.2, -0.15) is 0 Å². The molecule has 0 bridgehead atoms. The Kier molecular flexibility index (Phi) is 5.56. The highest BCUT2D eigenvalue weighted by molar-refractivity contribution is 5.85. The maximum Gasteiger partial charge on any atom is 0.120 e. The van der Waals surface area contributed by atoms with Gasteiger partial charge in [0, 0.05) is 6.04 Å². The van der Waals surface area contributed by atoms with Crippen LogP contribution in [0.3, 0.4) is 0 Å². The SMILES string of the molecule is C=C[C@H](N)c1ccc(OC(C)(C)C)cc1.Cl. The average Bonchev–Trinajstić information content (AvgIpc) is 2.15. The molecule has 0 unspecified atom stereocenters. The van der Waals surface area contributed by atoms with E-state index < -0.39 is 0 Å². The summed E-state index contributed by atoms with van der Waals surface area (Å²) >= 11 is 0. The fraction of sp³-hybridized carbons (Fsp3) is 0.385. The first kappa shape index (κ1) is 15.0. The highest BCUT2D eigenvalue weighted by Crippen LogP contribution is 2.20. The zero-order valence-electron chi connectivity index (χ0n) is 10.1. The van der Waals surface area contributed by atoms with Crippen LogP contribution in [0.4, 0.5) is 0 Å². The summed E-state index contributed by atoms with van der Waals surface area (Å²) in [4.78, 5) is 0. The van der Waals surface area contributed by atoms with Crippen LogP contribution in [0.1, 0.15) is 32.4 Å². The first-order valence-corrected chi connectivity index (χ1v) is 5.09. The Morgan fingerprint density at radius 3 is 2.12 bits per heavy atom. The third-order valence-corrected chi connectivity index (χ3v) is 1.94. The van der Waals surface area contributed by atoms with Crippen LogP contribution in [0.15, 0.2) is 36.9 Å². The van der Waals surface area contributed by atoms with Gasteiger partial charge in [-0.25, -0.2) is 0 Å². The van der Waals surface area contributed by atoms with Crippen molar-refractivity contribution in [1.82, 2.24) is 0 Å². The lowest BCUT2D eigenvalue weighted by molar-refractivity contribution is 0.131. The molecule has 0 aliphatic carbocycles. The quantitative estimate of drug-likeness (QED) is 0.823. The Hall–Kier alpha value is -0.990. The lowest BCUT2D eigenvalue weighted by Gasteiger charge is -2.21. The van der Waals surface area contributed by atoms with Crippen LogP contribution in [-0.4, -0.2) is 5.60 Å². The van der Waals surface area contributed by atoms with Crippen molar-refractivity contribution in [3.63, 3.8) is 0 Å². The second-order valence-corrected chi connectivity index (χ2v) is 4.54. The Morgan fingerprint density at radius 1 is 1.25 bits per heavy atom. The molecule has 0 spiro atoms. The van der Waals surface area contributed by atoms with E-state index in [9.17, 15) is 0 Å². The Morgan fingerprint density at radius 2 is 1.75 bits per heavy atom. The van der Waals surface area contributed by atoms with E-state index in [2.05, 4.69) is 6.58 Å². The third-order valence-electron chi connectivity index (χ3n) is 1.94. The molecule has 1 rings (SSSR count). The van der Waals surface area contributed by atoms with Gasteiger partial charge in [-0.3, -0.25) is 0 Å². The van der Waals surface area contributed by atoms with Crippen molar-refractivity contribution in [1.29, 1.82) is 0 Å². The molecule has 0 aromatic heterocycles. The van der Waals surface area contributed by atoms with Gasteiger partial charge < -0.3 is 10.5 Å². The molecule has 0 heterocycles. The minimum Gasteiger partial charge on any atom is -0.488 e. The number of nitrogens with two attached hydrogens (primary N) is 1. The number of halogens is 1. The first-order valence-electron chi connectivity index (χ1n) is 5.09. The normalized spacial score (nSPS) is 12.5. The molecule has 2 N–H and O–H groups in total. The molecular formula is C13H20ClNO. The Balaban J connectivity index is 0.00000225. The summed E-state index contributed by atoms with van der Waals surface area (Å²) in [6.07, 6.45) is 1.72. The summed E-state index contributed by atoms with van der Waals surface area (Å²) in [6.45, 7) is 9.74. The average molecular weight is 242 g/mol. The second kappa shape index (κ2) is 5.92. The fourth-order valence-electron chi connectivity index (χ4n) is 1.25. The molecular weight excluding hydrogens is 222 g/mol. The van der Waals surface area contributed by atoms with Gasteiger partial charge in [0.25, 0.3) is 0 Å². The number of rotatable bonds is 3. The van der Waals surface area contributed by atoms with E-state index in [0.29, 0.717) is 0 Å². The Bertz CT molecular complexity index is 327. The molecule has 1 atom stereocenters. The van der Waals surface area contributed by atoms with Crippen molar-refractivity contribution < 1.29 is 4.74 Å². The second-order valence-electron chi connectivity index (χ2n) is 4.54. The molecule has 3 heteroatoms. The third kappa shape index (κ3) is 4.69. The van der Waals surface area contributed by atoms with Crippen LogP contribution in [0.25, 0.3) is 0 Å². The summed E-state index contributed by atoms with van der Waals surface area (Å²) in [5.74, 6) is 0.863. The zero-order valence-corrected chi connectivity index (χ0v) is 10.9. The highest BCUT2D eigenvalue weighted by Gasteiger charge is 2.11. The molecule has 0 aliphatic heterocycles. The van der Waals surface area contributed by atoms with E-state index in [1.54, 1.807) is 6.08 Å². The minimum absolute atomic E-state index is 0. The smallest absolute Gasteiger partial charge is 0.120 e. The molecule has 0 saturated carbocycles. The molecule has 0 radical (unpaired) electrons. The molecule has 1 aromatic carbocycles. The zero-order chi connectivity index (χ0) is 11.5. The van der Waals surface area contributed by atoms with Crippen molar-refractivity contribution in [3.8, 4) is 5.75 Å². The van der Waals surface area contributed by atoms with Gasteiger partial charge >= 0.3 is 0 Å². The molecule has 90 valence electrons. The number of hydrogen-bond donors (Lipinski definition) is 1. The van der Waals surface area contributed by atoms with Crippen LogP contribution in [0, 0.1) is 0 Å². The van der Waals surface area contributed by atoms with Crippen molar-refractivity contribution in [3.05, 3.63) is 42.5 Å². The number of benzene rings is 1. The predicted molar refractivity (Wildman–Crippen MR) is 71.2 cm³/mol. The van der Waals surface area contributed by atoms with Crippen molar-refractivity contribution in [2.75, 3.05) is 0 Å². The van der Waals surface area contributed by atoms with Crippen LogP contribution >= 0.6 is 12.4 Å². The van der Waals surface area contributed by atoms with E-state index in [-0.39, 0.29) is 24.0 Å². The van der Waals surface area contributed by atoms with E-state index in [1.165, 1.54) is 0 Å². The summed E-state index contributed by atoms with van der Waals surface area (Å²) in [6, 6.07) is 7.70. The lowest BCUT2D eigenvalue weighted by atomic mass is 10.1. The fourth-order valence-corrected chi connectivity index (χ4v) is 1.25. The number of ether oxygens (including phenoxy) is 1. The van der Waals surface area contributed by atoms with Gasteiger partial charge in [0.2, 0.25) is 0 Å². The minimum atomic E-state index is -0.165. The van der Waals surface area contributed by atoms with Gasteiger partial charge in [0.15, 0.2) is 0 Å². The van der Waals surface area contributed by atoms with E-state index in [0.717, 1.165) is 11.3 Å². The maximum absolute atomic E-state index is 5.81. The van der Waals surface area contributed by atoms with Crippen molar-refractivity contribution >= 4 is 12.4 Å². The van der Waals surface area contributed by atoms with Crippen molar-refractivity contribution in [2.45, 2.75) is 32.4 Å². The van der Waals surface area contributed by atoms with Gasteiger partial charge in [-0.15, -0.1) is 19.0 Å². The highest BCUT2D eigenvalue weighted by atomic mass is 35.5. The molecule has 0 aliphatic rings. The molecule has 16 heavy (non-hydrogen) atoms. The standard InChI is InChI=1S/C13H19NO.ClH/c1-5-12(14)10-6-8-11(9-7-10)15-13(2,3)4;/h5-9,12H,1,14H2,2-4H3;1H/t12-;/m0./s1. The molecule has 2 nitrogen and oxygen atoms in total. The maximum atomic E-state index is 5.81. The van der Waals surface area contributed by atoms with Gasteiger partial charge in [-0.1, -0.05) is 18.2 Å². The molecule has 0 saturated heterocycles. The van der Waals surface area contributed by atoms with Crippen LogP contribution in [0.2, 0.25) is 0 Å². The summed E-state index contributed by atoms with van der Waals surface area (Å²) in [7, 11) is 0. The first-order chi connectivity index (χ1) is 6.92. The molecule has 0 fully saturated rings. The lowest BCUT2D eigenvalue weighted by Crippen LogP contribution is -2.22. The molecule has 1 aromatic rings. The van der Waals surface area contributed by atoms with E-state index in [4.69, 9.17) is 10.5 Å². The van der Waals surface area contributed by atoms with Crippen LogP contribution in [0.5, 0.6) is 5.75 Å². The van der Waals surface area contributed by atoms with Gasteiger partial charge in [0.05, 0.1) is 0 Å². The van der Waals surface area contributed by atoms with Crippen LogP contribution in [-0.2, 0) is 0 Å². The summed E-state index contributed by atoms with van der Waals surface area (Å²) < 4.78 is 5.70. The van der Waals surface area contributed by atoms with Gasteiger partial charge in [-0.05, 0) is 38.5 Å². The Labute approximate surface area is 104 Å². The monoisotopic (exact) mass is 241 g/mol.